The molecule has 3 saturated carbocycles. The Morgan fingerprint density at radius 2 is 1.81 bits per heavy atom. The van der Waals surface area contributed by atoms with Crippen molar-refractivity contribution in [1.29, 1.82) is 0 Å². The minimum atomic E-state index is 0.198. The zero-order valence-corrected chi connectivity index (χ0v) is 12.5. The number of nitrogens with one attached hydrogen (secondary N) is 1. The molecule has 0 radical (unpaired) electrons. The first kappa shape index (κ1) is 12.5. The van der Waals surface area contributed by atoms with E-state index in [9.17, 15) is 9.59 Å². The van der Waals surface area contributed by atoms with Crippen molar-refractivity contribution in [3.63, 3.8) is 0 Å². The smallest absolute Gasteiger partial charge is 0.226 e. The average molecular weight is 288 g/mol. The number of amides is 2. The van der Waals surface area contributed by atoms with Gasteiger partial charge >= 0.3 is 0 Å². The molecule has 6 atom stereocenters. The van der Waals surface area contributed by atoms with Gasteiger partial charge in [0.05, 0.1) is 0 Å². The molecule has 5 fully saturated rings. The van der Waals surface area contributed by atoms with Gasteiger partial charge in [0, 0.05) is 31.5 Å². The first-order valence-electron chi connectivity index (χ1n) is 8.80. The maximum absolute atomic E-state index is 12.9. The van der Waals surface area contributed by atoms with E-state index in [0.29, 0.717) is 30.2 Å². The molecule has 4 nitrogen and oxygen atoms in total. The standard InChI is InChI=1S/C17H24N2O2/c20-13-4-3-11-8-19(6-5-12(11)18-13)17(21)16-14-9-1-2-10(7-9)15(14)16/h9-12,14-16H,1-8H2,(H,18,20). The Hall–Kier alpha value is -1.06. The van der Waals surface area contributed by atoms with Gasteiger partial charge in [-0.2, -0.15) is 0 Å². The van der Waals surface area contributed by atoms with Crippen LogP contribution in [0.15, 0.2) is 0 Å². The van der Waals surface area contributed by atoms with Crippen molar-refractivity contribution in [2.45, 2.75) is 44.6 Å². The molecule has 0 aromatic carbocycles. The summed E-state index contributed by atoms with van der Waals surface area (Å²) in [4.78, 5) is 26.5. The van der Waals surface area contributed by atoms with Gasteiger partial charge in [-0.15, -0.1) is 0 Å². The van der Waals surface area contributed by atoms with Gasteiger partial charge in [0.25, 0.3) is 0 Å². The van der Waals surface area contributed by atoms with Gasteiger partial charge in [-0.25, -0.2) is 0 Å². The number of nitrogens with zero attached hydrogens (tertiary/aromatic N) is 1. The molecule has 114 valence electrons. The van der Waals surface area contributed by atoms with E-state index in [2.05, 4.69) is 10.2 Å². The number of piperidine rings is 2. The summed E-state index contributed by atoms with van der Waals surface area (Å²) in [5.41, 5.74) is 0. The number of carbonyl (C=O) groups is 2. The summed E-state index contributed by atoms with van der Waals surface area (Å²) in [6.07, 6.45) is 6.73. The van der Waals surface area contributed by atoms with Crippen molar-refractivity contribution in [3.05, 3.63) is 0 Å². The third-order valence-corrected chi connectivity index (χ3v) is 7.15. The second-order valence-electron chi connectivity index (χ2n) is 8.06. The lowest BCUT2D eigenvalue weighted by atomic mass is 9.85. The van der Waals surface area contributed by atoms with Crippen LogP contribution in [0.3, 0.4) is 0 Å². The molecule has 6 unspecified atom stereocenters. The molecule has 2 aliphatic heterocycles. The van der Waals surface area contributed by atoms with E-state index in [-0.39, 0.29) is 5.91 Å². The predicted octanol–water partition coefficient (Wildman–Crippen LogP) is 1.41. The van der Waals surface area contributed by atoms with Crippen LogP contribution < -0.4 is 5.32 Å². The third-order valence-electron chi connectivity index (χ3n) is 7.15. The number of fused-ring (bicyclic) bond motifs is 6. The number of hydrogen-bond donors (Lipinski definition) is 1. The minimum absolute atomic E-state index is 0.198. The molecule has 2 amide bonds. The fraction of sp³-hybridized carbons (Fsp3) is 0.882. The molecule has 5 rings (SSSR count). The molecule has 2 bridgehead atoms. The first-order valence-corrected chi connectivity index (χ1v) is 8.80. The van der Waals surface area contributed by atoms with Crippen molar-refractivity contribution >= 4 is 11.8 Å². The summed E-state index contributed by atoms with van der Waals surface area (Å²) < 4.78 is 0. The Morgan fingerprint density at radius 1 is 1.05 bits per heavy atom. The van der Waals surface area contributed by atoms with Gasteiger partial charge in [-0.05, 0) is 61.7 Å². The SMILES string of the molecule is O=C1CCC2CN(C(=O)C3C4C5CCC(C5)C34)CCC2N1. The fourth-order valence-electron chi connectivity index (χ4n) is 6.18. The van der Waals surface area contributed by atoms with Crippen molar-refractivity contribution in [2.24, 2.45) is 35.5 Å². The summed E-state index contributed by atoms with van der Waals surface area (Å²) >= 11 is 0. The van der Waals surface area contributed by atoms with E-state index < -0.39 is 0 Å². The molecule has 2 heterocycles. The van der Waals surface area contributed by atoms with Crippen molar-refractivity contribution in [3.8, 4) is 0 Å². The molecule has 0 aromatic rings. The Bertz CT molecular complexity index is 489. The van der Waals surface area contributed by atoms with Crippen LogP contribution in [0.25, 0.3) is 0 Å². The van der Waals surface area contributed by atoms with Crippen LogP contribution in [0, 0.1) is 35.5 Å². The Balaban J connectivity index is 1.26. The Kier molecular flexibility index (Phi) is 2.52. The van der Waals surface area contributed by atoms with E-state index in [1.165, 1.54) is 19.3 Å². The topological polar surface area (TPSA) is 49.4 Å². The van der Waals surface area contributed by atoms with Gasteiger partial charge in [0.15, 0.2) is 0 Å². The largest absolute Gasteiger partial charge is 0.353 e. The summed E-state index contributed by atoms with van der Waals surface area (Å²) in [6, 6.07) is 0.324. The van der Waals surface area contributed by atoms with Crippen LogP contribution in [-0.4, -0.2) is 35.8 Å². The van der Waals surface area contributed by atoms with E-state index in [4.69, 9.17) is 0 Å². The highest BCUT2D eigenvalue weighted by Crippen LogP contribution is 2.69. The van der Waals surface area contributed by atoms with Crippen LogP contribution in [0.5, 0.6) is 0 Å². The lowest BCUT2D eigenvalue weighted by Gasteiger charge is -2.41. The van der Waals surface area contributed by atoms with Crippen LogP contribution >= 0.6 is 0 Å². The highest BCUT2D eigenvalue weighted by atomic mass is 16.2. The van der Waals surface area contributed by atoms with Crippen LogP contribution in [0.2, 0.25) is 0 Å². The molecule has 0 spiro atoms. The normalized spacial score (nSPS) is 50.4. The van der Waals surface area contributed by atoms with Crippen LogP contribution in [0.4, 0.5) is 0 Å². The quantitative estimate of drug-likeness (QED) is 0.793. The van der Waals surface area contributed by atoms with Crippen molar-refractivity contribution in [1.82, 2.24) is 10.2 Å². The molecular formula is C17H24N2O2. The summed E-state index contributed by atoms with van der Waals surface area (Å²) in [5, 5.41) is 3.11. The zero-order valence-electron chi connectivity index (χ0n) is 12.5. The summed E-state index contributed by atoms with van der Waals surface area (Å²) in [5.74, 6) is 4.78. The van der Waals surface area contributed by atoms with E-state index in [1.54, 1.807) is 0 Å². The molecule has 0 aromatic heterocycles. The van der Waals surface area contributed by atoms with Gasteiger partial charge in [0.2, 0.25) is 11.8 Å². The lowest BCUT2D eigenvalue weighted by Crippen LogP contribution is -2.55. The zero-order chi connectivity index (χ0) is 14.1. The van der Waals surface area contributed by atoms with Gasteiger partial charge < -0.3 is 10.2 Å². The van der Waals surface area contributed by atoms with E-state index in [0.717, 1.165) is 49.6 Å². The number of carbonyl (C=O) groups excluding carboxylic acids is 2. The van der Waals surface area contributed by atoms with Crippen molar-refractivity contribution in [2.75, 3.05) is 13.1 Å². The molecule has 4 heteroatoms. The first-order chi connectivity index (χ1) is 10.2. The van der Waals surface area contributed by atoms with Crippen molar-refractivity contribution < 1.29 is 9.59 Å². The Morgan fingerprint density at radius 3 is 2.57 bits per heavy atom. The average Bonchev–Trinajstić information content (AvgIpc) is 2.93. The maximum Gasteiger partial charge on any atom is 0.226 e. The Labute approximate surface area is 125 Å². The van der Waals surface area contributed by atoms with Gasteiger partial charge in [-0.3, -0.25) is 9.59 Å². The predicted molar refractivity (Wildman–Crippen MR) is 77.2 cm³/mol. The fourth-order valence-corrected chi connectivity index (χ4v) is 6.18. The number of rotatable bonds is 1. The molecule has 21 heavy (non-hydrogen) atoms. The number of likely N-dealkylation sites (tertiary alicyclic amines) is 1. The summed E-state index contributed by atoms with van der Waals surface area (Å²) in [7, 11) is 0. The van der Waals surface area contributed by atoms with E-state index >= 15 is 0 Å². The lowest BCUT2D eigenvalue weighted by molar-refractivity contribution is -0.137. The molecule has 2 saturated heterocycles. The molecule has 3 aliphatic carbocycles. The molecule has 5 aliphatic rings. The van der Waals surface area contributed by atoms with Crippen LogP contribution in [0.1, 0.15) is 38.5 Å². The monoisotopic (exact) mass is 288 g/mol. The highest BCUT2D eigenvalue weighted by Gasteiger charge is 2.68. The van der Waals surface area contributed by atoms with E-state index in [1.807, 2.05) is 0 Å². The minimum Gasteiger partial charge on any atom is -0.353 e. The number of hydrogen-bond acceptors (Lipinski definition) is 2. The molecular weight excluding hydrogens is 264 g/mol. The van der Waals surface area contributed by atoms with Gasteiger partial charge in [-0.1, -0.05) is 0 Å². The van der Waals surface area contributed by atoms with Gasteiger partial charge in [0.1, 0.15) is 0 Å². The second-order valence-corrected chi connectivity index (χ2v) is 8.06. The van der Waals surface area contributed by atoms with Crippen LogP contribution in [-0.2, 0) is 9.59 Å². The second kappa shape index (κ2) is 4.23. The molecule has 1 N–H and O–H groups in total. The summed E-state index contributed by atoms with van der Waals surface area (Å²) in [6.45, 7) is 1.74. The highest BCUT2D eigenvalue weighted by molar-refractivity contribution is 5.83. The third kappa shape index (κ3) is 1.74. The maximum atomic E-state index is 12.9.